The van der Waals surface area contributed by atoms with Crippen molar-refractivity contribution >= 4 is 23.2 Å². The Morgan fingerprint density at radius 2 is 1.69 bits per heavy atom. The molecule has 0 unspecified atom stereocenters. The van der Waals surface area contributed by atoms with Crippen molar-refractivity contribution in [3.8, 4) is 11.3 Å². The molecule has 168 valence electrons. The lowest BCUT2D eigenvalue weighted by Crippen LogP contribution is -2.31. The summed E-state index contributed by atoms with van der Waals surface area (Å²) in [6, 6.07) is 16.6. The lowest BCUT2D eigenvalue weighted by Gasteiger charge is -2.26. The zero-order chi connectivity index (χ0) is 22.6. The van der Waals surface area contributed by atoms with Crippen LogP contribution in [0.4, 0.5) is 11.6 Å². The molecule has 0 radical (unpaired) electrons. The topological polar surface area (TPSA) is 67.1 Å². The summed E-state index contributed by atoms with van der Waals surface area (Å²) in [7, 11) is 0. The molecule has 0 saturated carbocycles. The van der Waals surface area contributed by atoms with E-state index in [0.29, 0.717) is 16.7 Å². The van der Waals surface area contributed by atoms with Gasteiger partial charge in [-0.05, 0) is 69.5 Å². The predicted molar refractivity (Wildman–Crippen MR) is 133 cm³/mol. The minimum Gasteiger partial charge on any atom is -0.324 e. The summed E-state index contributed by atoms with van der Waals surface area (Å²) in [4.78, 5) is 11.6. The highest BCUT2D eigenvalue weighted by Crippen LogP contribution is 2.29. The molecule has 4 rings (SSSR count). The fraction of sp³-hybridized carbons (Fsp3) is 0.385. The monoisotopic (exact) mass is 449 g/mol. The van der Waals surface area contributed by atoms with Crippen LogP contribution in [0, 0.1) is 0 Å². The number of halogens is 1. The lowest BCUT2D eigenvalue weighted by molar-refractivity contribution is 0.231. The molecule has 6 heteroatoms. The van der Waals surface area contributed by atoms with Crippen molar-refractivity contribution in [3.63, 3.8) is 0 Å². The molecule has 0 atom stereocenters. The second-order valence-electron chi connectivity index (χ2n) is 9.16. The summed E-state index contributed by atoms with van der Waals surface area (Å²) >= 11 is 6.40. The van der Waals surface area contributed by atoms with E-state index in [0.717, 1.165) is 29.8 Å². The van der Waals surface area contributed by atoms with Crippen LogP contribution in [-0.2, 0) is 12.0 Å². The Hall–Kier alpha value is -2.47. The van der Waals surface area contributed by atoms with Gasteiger partial charge in [0.25, 0.3) is 0 Å². The third-order valence-corrected chi connectivity index (χ3v) is 6.30. The van der Waals surface area contributed by atoms with Crippen molar-refractivity contribution in [1.29, 1.82) is 0 Å². The molecule has 1 saturated heterocycles. The first kappa shape index (κ1) is 22.7. The van der Waals surface area contributed by atoms with Gasteiger partial charge in [0.05, 0.1) is 16.9 Å². The molecular formula is C26H32ClN5. The van der Waals surface area contributed by atoms with Gasteiger partial charge in [0.1, 0.15) is 0 Å². The summed E-state index contributed by atoms with van der Waals surface area (Å²) in [6.45, 7) is 7.59. The molecule has 1 aliphatic rings. The first-order valence-corrected chi connectivity index (χ1v) is 11.8. The highest BCUT2D eigenvalue weighted by atomic mass is 35.5. The van der Waals surface area contributed by atoms with Crippen LogP contribution in [0.1, 0.15) is 44.2 Å². The highest BCUT2D eigenvalue weighted by Gasteiger charge is 2.15. The van der Waals surface area contributed by atoms with E-state index in [-0.39, 0.29) is 5.54 Å². The van der Waals surface area contributed by atoms with Crippen LogP contribution in [0.5, 0.6) is 0 Å². The molecule has 0 spiro atoms. The van der Waals surface area contributed by atoms with E-state index in [1.807, 2.05) is 38.1 Å². The molecule has 0 amide bonds. The molecule has 3 aromatic rings. The average molecular weight is 450 g/mol. The second kappa shape index (κ2) is 9.99. The van der Waals surface area contributed by atoms with E-state index < -0.39 is 0 Å². The maximum absolute atomic E-state index is 6.40. The molecule has 1 aliphatic heterocycles. The Morgan fingerprint density at radius 1 is 1.00 bits per heavy atom. The van der Waals surface area contributed by atoms with Crippen LogP contribution >= 0.6 is 11.6 Å². The van der Waals surface area contributed by atoms with Crippen molar-refractivity contribution in [1.82, 2.24) is 14.9 Å². The second-order valence-corrected chi connectivity index (χ2v) is 9.57. The third kappa shape index (κ3) is 5.85. The number of anilines is 2. The maximum atomic E-state index is 6.40. The van der Waals surface area contributed by atoms with Gasteiger partial charge in [0.2, 0.25) is 5.95 Å². The minimum absolute atomic E-state index is 0.388. The number of nitrogens with two attached hydrogens (primary N) is 1. The van der Waals surface area contributed by atoms with Crippen LogP contribution < -0.4 is 11.1 Å². The molecular weight excluding hydrogens is 418 g/mol. The lowest BCUT2D eigenvalue weighted by atomic mass is 9.94. The van der Waals surface area contributed by atoms with Gasteiger partial charge in [-0.2, -0.15) is 0 Å². The van der Waals surface area contributed by atoms with Gasteiger partial charge in [-0.25, -0.2) is 9.97 Å². The highest BCUT2D eigenvalue weighted by molar-refractivity contribution is 6.32. The van der Waals surface area contributed by atoms with Gasteiger partial charge in [-0.1, -0.05) is 54.4 Å². The summed E-state index contributed by atoms with van der Waals surface area (Å²) in [6.07, 6.45) is 6.77. The van der Waals surface area contributed by atoms with Crippen LogP contribution in [-0.4, -0.2) is 34.5 Å². The van der Waals surface area contributed by atoms with E-state index in [9.17, 15) is 0 Å². The number of nitrogens with one attached hydrogen (secondary N) is 1. The predicted octanol–water partition coefficient (Wildman–Crippen LogP) is 5.76. The fourth-order valence-corrected chi connectivity index (χ4v) is 4.24. The average Bonchev–Trinajstić information content (AvgIpc) is 2.80. The van der Waals surface area contributed by atoms with Crippen LogP contribution in [0.2, 0.25) is 5.02 Å². The number of benzene rings is 2. The molecule has 2 heterocycles. The molecule has 1 aromatic heterocycles. The Labute approximate surface area is 196 Å². The molecule has 32 heavy (non-hydrogen) atoms. The molecule has 0 aliphatic carbocycles. The van der Waals surface area contributed by atoms with Gasteiger partial charge in [0.15, 0.2) is 0 Å². The summed E-state index contributed by atoms with van der Waals surface area (Å²) in [5.41, 5.74) is 10.8. The number of likely N-dealkylation sites (tertiary alicyclic amines) is 1. The summed E-state index contributed by atoms with van der Waals surface area (Å²) in [5, 5.41) is 3.82. The molecule has 5 nitrogen and oxygen atoms in total. The number of rotatable bonds is 7. The number of hydrogen-bond donors (Lipinski definition) is 2. The Kier molecular flexibility index (Phi) is 7.09. The van der Waals surface area contributed by atoms with Crippen molar-refractivity contribution in [2.75, 3.05) is 25.0 Å². The number of piperidine rings is 1. The SMILES string of the molecule is CC(C)(N)c1ccc(-c2nc(Nc3ccc(CCN4CCCCC4)cc3)ncc2Cl)cc1. The largest absolute Gasteiger partial charge is 0.324 e. The van der Waals surface area contributed by atoms with E-state index in [2.05, 4.69) is 44.5 Å². The van der Waals surface area contributed by atoms with Crippen LogP contribution in [0.25, 0.3) is 11.3 Å². The van der Waals surface area contributed by atoms with Crippen molar-refractivity contribution < 1.29 is 0 Å². The first-order valence-electron chi connectivity index (χ1n) is 11.4. The van der Waals surface area contributed by atoms with E-state index >= 15 is 0 Å². The van der Waals surface area contributed by atoms with Crippen LogP contribution in [0.3, 0.4) is 0 Å². The number of nitrogens with zero attached hydrogens (tertiary/aromatic N) is 3. The van der Waals surface area contributed by atoms with Gasteiger partial charge in [-0.3, -0.25) is 0 Å². The Bertz CT molecular complexity index is 1020. The number of hydrogen-bond acceptors (Lipinski definition) is 5. The minimum atomic E-state index is -0.388. The van der Waals surface area contributed by atoms with Gasteiger partial charge < -0.3 is 16.0 Å². The summed E-state index contributed by atoms with van der Waals surface area (Å²) < 4.78 is 0. The normalized spacial score (nSPS) is 15.0. The molecule has 0 bridgehead atoms. The Balaban J connectivity index is 1.42. The van der Waals surface area contributed by atoms with Gasteiger partial charge in [-0.15, -0.1) is 0 Å². The standard InChI is InChI=1S/C26H32ClN5/c1-26(2,28)21-10-8-20(9-11-21)24-23(27)18-29-25(31-24)30-22-12-6-19(7-13-22)14-17-32-15-4-3-5-16-32/h6-13,18H,3-5,14-17,28H2,1-2H3,(H,29,30,31). The van der Waals surface area contributed by atoms with Crippen molar-refractivity contribution in [2.24, 2.45) is 5.73 Å². The van der Waals surface area contributed by atoms with E-state index in [1.165, 1.54) is 37.9 Å². The van der Waals surface area contributed by atoms with Crippen LogP contribution in [0.15, 0.2) is 54.7 Å². The zero-order valence-electron chi connectivity index (χ0n) is 18.9. The van der Waals surface area contributed by atoms with Crippen molar-refractivity contribution in [2.45, 2.75) is 45.1 Å². The number of aromatic nitrogens is 2. The zero-order valence-corrected chi connectivity index (χ0v) is 19.7. The fourth-order valence-electron chi connectivity index (χ4n) is 4.04. The van der Waals surface area contributed by atoms with Gasteiger partial charge >= 0.3 is 0 Å². The van der Waals surface area contributed by atoms with E-state index in [4.69, 9.17) is 17.3 Å². The first-order chi connectivity index (χ1) is 15.4. The quantitative estimate of drug-likeness (QED) is 0.479. The molecule has 2 aromatic carbocycles. The smallest absolute Gasteiger partial charge is 0.227 e. The maximum Gasteiger partial charge on any atom is 0.227 e. The Morgan fingerprint density at radius 3 is 2.34 bits per heavy atom. The molecule has 1 fully saturated rings. The summed E-state index contributed by atoms with van der Waals surface area (Å²) in [5.74, 6) is 0.522. The van der Waals surface area contributed by atoms with Gasteiger partial charge in [0, 0.05) is 23.3 Å². The molecule has 3 N–H and O–H groups in total. The van der Waals surface area contributed by atoms with Crippen molar-refractivity contribution in [3.05, 3.63) is 70.9 Å². The van der Waals surface area contributed by atoms with E-state index in [1.54, 1.807) is 6.20 Å². The third-order valence-electron chi connectivity index (χ3n) is 6.02.